The Morgan fingerprint density at radius 3 is 0.657 bits per heavy atom. The summed E-state index contributed by atoms with van der Waals surface area (Å²) in [7, 11) is 0. The molecular formula is C34H70O. The molecule has 0 saturated heterocycles. The van der Waals surface area contributed by atoms with Gasteiger partial charge in [-0.2, -0.15) is 0 Å². The van der Waals surface area contributed by atoms with E-state index in [1.165, 1.54) is 186 Å². The van der Waals surface area contributed by atoms with Crippen LogP contribution < -0.4 is 0 Å². The van der Waals surface area contributed by atoms with E-state index in [2.05, 4.69) is 13.8 Å². The fourth-order valence-electron chi connectivity index (χ4n) is 5.47. The van der Waals surface area contributed by atoms with E-state index in [1.54, 1.807) is 0 Å². The number of aliphatic hydroxyl groups excluding tert-OH is 1. The number of hydrogen-bond acceptors (Lipinski definition) is 1. The minimum absolute atomic E-state index is 0.0323. The Morgan fingerprint density at radius 2 is 0.457 bits per heavy atom. The standard InChI is InChI=1S/C34H70O/c1-3-5-7-9-11-13-14-15-16-17-18-19-20-21-22-23-25-27-29-31-33-34(35)32-30-28-26-24-12-10-8-6-4-2/h34-35H,3-33H2,1-2H3. The Labute approximate surface area is 224 Å². The molecule has 0 rings (SSSR count). The highest BCUT2D eigenvalue weighted by Crippen LogP contribution is 2.17. The van der Waals surface area contributed by atoms with Gasteiger partial charge in [0.05, 0.1) is 6.10 Å². The van der Waals surface area contributed by atoms with Crippen molar-refractivity contribution in [2.75, 3.05) is 0 Å². The van der Waals surface area contributed by atoms with Crippen LogP contribution in [-0.4, -0.2) is 11.2 Å². The summed E-state index contributed by atoms with van der Waals surface area (Å²) in [6.07, 6.45) is 43.0. The Hall–Kier alpha value is -0.0400. The van der Waals surface area contributed by atoms with Gasteiger partial charge in [0.15, 0.2) is 0 Å². The average Bonchev–Trinajstić information content (AvgIpc) is 2.86. The van der Waals surface area contributed by atoms with Crippen molar-refractivity contribution in [3.05, 3.63) is 0 Å². The summed E-state index contributed by atoms with van der Waals surface area (Å²) in [5.74, 6) is 0. The van der Waals surface area contributed by atoms with Gasteiger partial charge in [0.25, 0.3) is 0 Å². The van der Waals surface area contributed by atoms with Gasteiger partial charge in [-0.05, 0) is 12.8 Å². The van der Waals surface area contributed by atoms with Crippen molar-refractivity contribution < 1.29 is 5.11 Å². The molecule has 1 N–H and O–H groups in total. The van der Waals surface area contributed by atoms with Crippen molar-refractivity contribution >= 4 is 0 Å². The molecule has 0 bridgehead atoms. The molecule has 0 amide bonds. The number of unbranched alkanes of at least 4 members (excludes halogenated alkanes) is 27. The van der Waals surface area contributed by atoms with Crippen molar-refractivity contribution in [3.63, 3.8) is 0 Å². The third-order valence-corrected chi connectivity index (χ3v) is 8.03. The Balaban J connectivity index is 3.11. The lowest BCUT2D eigenvalue weighted by Gasteiger charge is -2.10. The Bertz CT molecular complexity index is 352. The van der Waals surface area contributed by atoms with Gasteiger partial charge in [0, 0.05) is 0 Å². The topological polar surface area (TPSA) is 20.2 Å². The molecule has 0 aliphatic rings. The van der Waals surface area contributed by atoms with E-state index in [1.807, 2.05) is 0 Å². The minimum Gasteiger partial charge on any atom is -0.393 e. The first-order valence-electron chi connectivity index (χ1n) is 17.0. The molecule has 1 atom stereocenters. The van der Waals surface area contributed by atoms with Gasteiger partial charge in [-0.1, -0.05) is 200 Å². The van der Waals surface area contributed by atoms with Crippen molar-refractivity contribution in [1.29, 1.82) is 0 Å². The fraction of sp³-hybridized carbons (Fsp3) is 1.00. The van der Waals surface area contributed by atoms with Crippen LogP contribution in [0.2, 0.25) is 0 Å². The van der Waals surface area contributed by atoms with Crippen LogP contribution in [-0.2, 0) is 0 Å². The summed E-state index contributed by atoms with van der Waals surface area (Å²) >= 11 is 0. The summed E-state index contributed by atoms with van der Waals surface area (Å²) < 4.78 is 0. The molecule has 0 aliphatic heterocycles. The molecule has 0 aromatic heterocycles. The van der Waals surface area contributed by atoms with Crippen LogP contribution in [0.5, 0.6) is 0 Å². The maximum Gasteiger partial charge on any atom is 0.0540 e. The second-order valence-corrected chi connectivity index (χ2v) is 11.8. The van der Waals surface area contributed by atoms with E-state index in [9.17, 15) is 5.11 Å². The van der Waals surface area contributed by atoms with Crippen LogP contribution in [0.1, 0.15) is 213 Å². The fourth-order valence-corrected chi connectivity index (χ4v) is 5.47. The lowest BCUT2D eigenvalue weighted by Crippen LogP contribution is -2.05. The molecule has 1 heteroatoms. The maximum atomic E-state index is 10.2. The molecule has 0 heterocycles. The van der Waals surface area contributed by atoms with Gasteiger partial charge >= 0.3 is 0 Å². The van der Waals surface area contributed by atoms with E-state index in [0.717, 1.165) is 12.8 Å². The molecule has 35 heavy (non-hydrogen) atoms. The van der Waals surface area contributed by atoms with Gasteiger partial charge in [0.1, 0.15) is 0 Å². The molecule has 212 valence electrons. The van der Waals surface area contributed by atoms with Gasteiger partial charge in [-0.15, -0.1) is 0 Å². The number of rotatable bonds is 31. The number of hydrogen-bond donors (Lipinski definition) is 1. The SMILES string of the molecule is CCCCCCCCCCCCCCCCCCCCCCC(O)CCCCCCCCCCC. The quantitative estimate of drug-likeness (QED) is 0.0950. The summed E-state index contributed by atoms with van der Waals surface area (Å²) in [5, 5.41) is 10.2. The van der Waals surface area contributed by atoms with Gasteiger partial charge < -0.3 is 5.11 Å². The van der Waals surface area contributed by atoms with E-state index in [-0.39, 0.29) is 6.10 Å². The zero-order chi connectivity index (χ0) is 25.5. The van der Waals surface area contributed by atoms with Crippen molar-refractivity contribution in [1.82, 2.24) is 0 Å². The largest absolute Gasteiger partial charge is 0.393 e. The van der Waals surface area contributed by atoms with Crippen LogP contribution in [0.15, 0.2) is 0 Å². The zero-order valence-electron chi connectivity index (χ0n) is 24.9. The van der Waals surface area contributed by atoms with Crippen molar-refractivity contribution in [3.8, 4) is 0 Å². The smallest absolute Gasteiger partial charge is 0.0540 e. The Morgan fingerprint density at radius 1 is 0.286 bits per heavy atom. The zero-order valence-corrected chi connectivity index (χ0v) is 24.9. The molecule has 0 aliphatic carbocycles. The summed E-state index contributed by atoms with van der Waals surface area (Å²) in [6.45, 7) is 4.59. The normalized spacial score (nSPS) is 12.4. The van der Waals surface area contributed by atoms with E-state index in [0.29, 0.717) is 0 Å². The van der Waals surface area contributed by atoms with Crippen LogP contribution in [0, 0.1) is 0 Å². The molecular weight excluding hydrogens is 424 g/mol. The summed E-state index contributed by atoms with van der Waals surface area (Å²) in [6, 6.07) is 0. The first kappa shape index (κ1) is 35.0. The van der Waals surface area contributed by atoms with Crippen molar-refractivity contribution in [2.24, 2.45) is 0 Å². The third kappa shape index (κ3) is 31.9. The first-order chi connectivity index (χ1) is 17.3. The molecule has 0 fully saturated rings. The maximum absolute atomic E-state index is 10.2. The lowest BCUT2D eigenvalue weighted by atomic mass is 10.0. The monoisotopic (exact) mass is 495 g/mol. The summed E-state index contributed by atoms with van der Waals surface area (Å²) in [5.41, 5.74) is 0. The van der Waals surface area contributed by atoms with Crippen LogP contribution in [0.3, 0.4) is 0 Å². The first-order valence-corrected chi connectivity index (χ1v) is 17.0. The van der Waals surface area contributed by atoms with E-state index in [4.69, 9.17) is 0 Å². The van der Waals surface area contributed by atoms with Crippen LogP contribution in [0.4, 0.5) is 0 Å². The highest BCUT2D eigenvalue weighted by molar-refractivity contribution is 4.58. The molecule has 0 saturated carbocycles. The molecule has 0 radical (unpaired) electrons. The highest BCUT2D eigenvalue weighted by Gasteiger charge is 2.04. The molecule has 0 aromatic rings. The van der Waals surface area contributed by atoms with E-state index < -0.39 is 0 Å². The minimum atomic E-state index is -0.0323. The summed E-state index contributed by atoms with van der Waals surface area (Å²) in [4.78, 5) is 0. The van der Waals surface area contributed by atoms with Crippen LogP contribution >= 0.6 is 0 Å². The number of aliphatic hydroxyl groups is 1. The molecule has 1 nitrogen and oxygen atoms in total. The van der Waals surface area contributed by atoms with Gasteiger partial charge in [-0.3, -0.25) is 0 Å². The predicted molar refractivity (Wildman–Crippen MR) is 160 cm³/mol. The third-order valence-electron chi connectivity index (χ3n) is 8.03. The molecule has 1 unspecified atom stereocenters. The van der Waals surface area contributed by atoms with Crippen molar-refractivity contribution in [2.45, 2.75) is 219 Å². The van der Waals surface area contributed by atoms with E-state index >= 15 is 0 Å². The lowest BCUT2D eigenvalue weighted by molar-refractivity contribution is 0.147. The Kier molecular flexibility index (Phi) is 32.0. The predicted octanol–water partition coefficient (Wildman–Crippen LogP) is 12.5. The average molecular weight is 495 g/mol. The van der Waals surface area contributed by atoms with Crippen LogP contribution in [0.25, 0.3) is 0 Å². The van der Waals surface area contributed by atoms with Gasteiger partial charge in [0.2, 0.25) is 0 Å². The highest BCUT2D eigenvalue weighted by atomic mass is 16.3. The van der Waals surface area contributed by atoms with Gasteiger partial charge in [-0.25, -0.2) is 0 Å². The second-order valence-electron chi connectivity index (χ2n) is 11.8. The molecule has 0 aromatic carbocycles. The molecule has 0 spiro atoms. The second kappa shape index (κ2) is 32.0.